The van der Waals surface area contributed by atoms with E-state index >= 15 is 0 Å². The van der Waals surface area contributed by atoms with Crippen molar-refractivity contribution in [1.82, 2.24) is 5.32 Å². The van der Waals surface area contributed by atoms with Gasteiger partial charge in [0.05, 0.1) is 0 Å². The number of alkyl halides is 1. The molecule has 0 fully saturated rings. The molecule has 0 aliphatic heterocycles. The van der Waals surface area contributed by atoms with E-state index < -0.39 is 0 Å². The van der Waals surface area contributed by atoms with E-state index in [0.29, 0.717) is 5.88 Å². The minimum absolute atomic E-state index is 0.128. The average molecular weight is 246 g/mol. The molecule has 0 aromatic heterocycles. The van der Waals surface area contributed by atoms with Gasteiger partial charge in [0.2, 0.25) is 0 Å². The standard InChI is InChI=1S/C12H17Cl2N/c1-12(2,8-13)9-15-7-10-5-3-4-6-11(10)14/h3-6,15H,7-9H2,1-2H3. The van der Waals surface area contributed by atoms with E-state index in [9.17, 15) is 0 Å². The molecule has 0 spiro atoms. The maximum atomic E-state index is 6.04. The molecule has 0 aliphatic rings. The van der Waals surface area contributed by atoms with Crippen LogP contribution in [0.1, 0.15) is 19.4 Å². The molecular weight excluding hydrogens is 229 g/mol. The van der Waals surface area contributed by atoms with Gasteiger partial charge in [-0.05, 0) is 17.0 Å². The summed E-state index contributed by atoms with van der Waals surface area (Å²) in [4.78, 5) is 0. The second-order valence-electron chi connectivity index (χ2n) is 4.49. The lowest BCUT2D eigenvalue weighted by Gasteiger charge is -2.21. The van der Waals surface area contributed by atoms with Crippen LogP contribution in [0.25, 0.3) is 0 Å². The summed E-state index contributed by atoms with van der Waals surface area (Å²) in [6, 6.07) is 7.87. The summed E-state index contributed by atoms with van der Waals surface area (Å²) in [5.74, 6) is 0.655. The van der Waals surface area contributed by atoms with Crippen LogP contribution in [-0.2, 0) is 6.54 Å². The van der Waals surface area contributed by atoms with Crippen molar-refractivity contribution in [2.45, 2.75) is 20.4 Å². The van der Waals surface area contributed by atoms with Gasteiger partial charge in [-0.1, -0.05) is 43.6 Å². The number of nitrogens with one attached hydrogen (secondary N) is 1. The second kappa shape index (κ2) is 5.74. The van der Waals surface area contributed by atoms with Gasteiger partial charge in [0.25, 0.3) is 0 Å². The molecule has 0 atom stereocenters. The van der Waals surface area contributed by atoms with E-state index in [2.05, 4.69) is 19.2 Å². The third kappa shape index (κ3) is 4.42. The number of hydrogen-bond donors (Lipinski definition) is 1. The van der Waals surface area contributed by atoms with Gasteiger partial charge in [-0.2, -0.15) is 0 Å². The minimum atomic E-state index is 0.128. The summed E-state index contributed by atoms with van der Waals surface area (Å²) in [7, 11) is 0. The highest BCUT2D eigenvalue weighted by Gasteiger charge is 2.15. The maximum Gasteiger partial charge on any atom is 0.0450 e. The predicted molar refractivity (Wildman–Crippen MR) is 67.7 cm³/mol. The summed E-state index contributed by atoms with van der Waals surface area (Å²) in [5.41, 5.74) is 1.26. The van der Waals surface area contributed by atoms with Gasteiger partial charge in [-0.25, -0.2) is 0 Å². The van der Waals surface area contributed by atoms with E-state index in [0.717, 1.165) is 23.7 Å². The Morgan fingerprint density at radius 1 is 1.27 bits per heavy atom. The van der Waals surface area contributed by atoms with Crippen molar-refractivity contribution in [2.24, 2.45) is 5.41 Å². The van der Waals surface area contributed by atoms with E-state index in [1.54, 1.807) is 0 Å². The Balaban J connectivity index is 2.42. The molecule has 0 aliphatic carbocycles. The summed E-state index contributed by atoms with van der Waals surface area (Å²) in [6.45, 7) is 5.96. The maximum absolute atomic E-state index is 6.04. The zero-order chi connectivity index (χ0) is 11.3. The van der Waals surface area contributed by atoms with Crippen LogP contribution in [0.15, 0.2) is 24.3 Å². The number of rotatable bonds is 5. The van der Waals surface area contributed by atoms with Crippen molar-refractivity contribution >= 4 is 23.2 Å². The monoisotopic (exact) mass is 245 g/mol. The number of hydrogen-bond acceptors (Lipinski definition) is 1. The highest BCUT2D eigenvalue weighted by molar-refractivity contribution is 6.31. The van der Waals surface area contributed by atoms with Crippen molar-refractivity contribution in [3.05, 3.63) is 34.9 Å². The fourth-order valence-electron chi connectivity index (χ4n) is 1.22. The first-order chi connectivity index (χ1) is 7.05. The third-order valence-corrected chi connectivity index (χ3v) is 3.33. The smallest absolute Gasteiger partial charge is 0.0450 e. The second-order valence-corrected chi connectivity index (χ2v) is 5.17. The van der Waals surface area contributed by atoms with Gasteiger partial charge in [0, 0.05) is 24.0 Å². The lowest BCUT2D eigenvalue weighted by atomic mass is 9.96. The molecule has 1 N–H and O–H groups in total. The molecule has 1 aromatic rings. The first kappa shape index (κ1) is 12.8. The lowest BCUT2D eigenvalue weighted by Crippen LogP contribution is -2.30. The van der Waals surface area contributed by atoms with Crippen LogP contribution in [0.5, 0.6) is 0 Å². The fourth-order valence-corrected chi connectivity index (χ4v) is 1.52. The van der Waals surface area contributed by atoms with Gasteiger partial charge in [-0.3, -0.25) is 0 Å². The molecule has 0 heterocycles. The molecule has 84 valence electrons. The number of benzene rings is 1. The predicted octanol–water partition coefficient (Wildman–Crippen LogP) is 3.69. The highest BCUT2D eigenvalue weighted by atomic mass is 35.5. The first-order valence-electron chi connectivity index (χ1n) is 5.05. The minimum Gasteiger partial charge on any atom is -0.312 e. The molecule has 0 bridgehead atoms. The van der Waals surface area contributed by atoms with Crippen molar-refractivity contribution in [3.63, 3.8) is 0 Å². The quantitative estimate of drug-likeness (QED) is 0.781. The van der Waals surface area contributed by atoms with Crippen LogP contribution in [0.4, 0.5) is 0 Å². The Bertz CT molecular complexity index is 310. The average Bonchev–Trinajstić information content (AvgIpc) is 2.21. The van der Waals surface area contributed by atoms with Crippen molar-refractivity contribution in [1.29, 1.82) is 0 Å². The molecule has 0 saturated heterocycles. The molecular formula is C12H17Cl2N. The van der Waals surface area contributed by atoms with Crippen LogP contribution < -0.4 is 5.32 Å². The third-order valence-electron chi connectivity index (χ3n) is 2.24. The lowest BCUT2D eigenvalue weighted by molar-refractivity contribution is 0.385. The Hall–Kier alpha value is -0.240. The summed E-state index contributed by atoms with van der Waals surface area (Å²) in [6.07, 6.45) is 0. The molecule has 0 radical (unpaired) electrons. The van der Waals surface area contributed by atoms with Crippen LogP contribution >= 0.6 is 23.2 Å². The Kier molecular flexibility index (Phi) is 4.91. The molecule has 1 aromatic carbocycles. The van der Waals surface area contributed by atoms with Crippen LogP contribution in [0, 0.1) is 5.41 Å². The topological polar surface area (TPSA) is 12.0 Å². The Morgan fingerprint density at radius 2 is 1.93 bits per heavy atom. The first-order valence-corrected chi connectivity index (χ1v) is 5.96. The van der Waals surface area contributed by atoms with Crippen molar-refractivity contribution < 1.29 is 0 Å². The molecule has 0 saturated carbocycles. The molecule has 0 amide bonds. The molecule has 3 heteroatoms. The SMILES string of the molecule is CC(C)(CCl)CNCc1ccccc1Cl. The van der Waals surface area contributed by atoms with E-state index in [4.69, 9.17) is 23.2 Å². The van der Waals surface area contributed by atoms with Crippen LogP contribution in [0.2, 0.25) is 5.02 Å². The summed E-state index contributed by atoms with van der Waals surface area (Å²) >= 11 is 11.9. The Labute approximate surface area is 102 Å². The molecule has 15 heavy (non-hydrogen) atoms. The van der Waals surface area contributed by atoms with Gasteiger partial charge < -0.3 is 5.32 Å². The van der Waals surface area contributed by atoms with E-state index in [1.165, 1.54) is 0 Å². The van der Waals surface area contributed by atoms with Crippen molar-refractivity contribution in [2.75, 3.05) is 12.4 Å². The van der Waals surface area contributed by atoms with E-state index in [-0.39, 0.29) is 5.41 Å². The van der Waals surface area contributed by atoms with Gasteiger partial charge in [0.15, 0.2) is 0 Å². The summed E-state index contributed by atoms with van der Waals surface area (Å²) < 4.78 is 0. The van der Waals surface area contributed by atoms with Crippen LogP contribution in [-0.4, -0.2) is 12.4 Å². The molecule has 1 nitrogen and oxygen atoms in total. The number of halogens is 2. The highest BCUT2D eigenvalue weighted by Crippen LogP contribution is 2.17. The van der Waals surface area contributed by atoms with Crippen LogP contribution in [0.3, 0.4) is 0 Å². The zero-order valence-electron chi connectivity index (χ0n) is 9.19. The molecule has 1 rings (SSSR count). The Morgan fingerprint density at radius 3 is 2.53 bits per heavy atom. The normalized spacial score (nSPS) is 11.7. The summed E-state index contributed by atoms with van der Waals surface area (Å²) in [5, 5.41) is 4.18. The zero-order valence-corrected chi connectivity index (χ0v) is 10.7. The van der Waals surface area contributed by atoms with E-state index in [1.807, 2.05) is 24.3 Å². The van der Waals surface area contributed by atoms with Crippen molar-refractivity contribution in [3.8, 4) is 0 Å². The largest absolute Gasteiger partial charge is 0.312 e. The van der Waals surface area contributed by atoms with Gasteiger partial charge in [0.1, 0.15) is 0 Å². The molecule has 0 unspecified atom stereocenters. The van der Waals surface area contributed by atoms with Gasteiger partial charge >= 0.3 is 0 Å². The van der Waals surface area contributed by atoms with Gasteiger partial charge in [-0.15, -0.1) is 11.6 Å². The fraction of sp³-hybridized carbons (Fsp3) is 0.500.